The Morgan fingerprint density at radius 1 is 1.27 bits per heavy atom. The number of sulfone groups is 1. The van der Waals surface area contributed by atoms with Crippen molar-refractivity contribution in [3.05, 3.63) is 47.7 Å². The summed E-state index contributed by atoms with van der Waals surface area (Å²) in [4.78, 5) is 15.8. The molecule has 2 rings (SSSR count). The van der Waals surface area contributed by atoms with E-state index in [-0.39, 0.29) is 16.7 Å². The fourth-order valence-electron chi connectivity index (χ4n) is 1.60. The number of nitrogens with one attached hydrogen (secondary N) is 1. The van der Waals surface area contributed by atoms with Gasteiger partial charge in [0.05, 0.1) is 4.90 Å². The van der Waals surface area contributed by atoms with Crippen LogP contribution in [-0.4, -0.2) is 32.2 Å². The first kappa shape index (κ1) is 16.3. The molecule has 0 fully saturated rings. The molecule has 0 aliphatic heterocycles. The zero-order valence-electron chi connectivity index (χ0n) is 11.6. The third kappa shape index (κ3) is 4.44. The first-order chi connectivity index (χ1) is 10.4. The fourth-order valence-corrected chi connectivity index (χ4v) is 2.41. The van der Waals surface area contributed by atoms with Crippen LogP contribution in [0, 0.1) is 0 Å². The van der Waals surface area contributed by atoms with Crippen LogP contribution in [0.15, 0.2) is 47.5 Å². The van der Waals surface area contributed by atoms with Crippen LogP contribution in [0.25, 0.3) is 0 Å². The molecule has 0 saturated carbocycles. The molecule has 2 aromatic rings. The molecule has 1 aromatic carbocycles. The van der Waals surface area contributed by atoms with Gasteiger partial charge in [-0.3, -0.25) is 4.79 Å². The van der Waals surface area contributed by atoms with Crippen LogP contribution in [-0.2, 0) is 14.6 Å². The summed E-state index contributed by atoms with van der Waals surface area (Å²) in [6.07, 6.45) is 2.63. The number of halogens is 1. The second kappa shape index (κ2) is 6.76. The predicted molar refractivity (Wildman–Crippen MR) is 82.9 cm³/mol. The van der Waals surface area contributed by atoms with E-state index >= 15 is 0 Å². The Labute approximate surface area is 133 Å². The van der Waals surface area contributed by atoms with Gasteiger partial charge in [0, 0.05) is 18.1 Å². The third-order valence-corrected chi connectivity index (χ3v) is 4.06. The number of aromatic nitrogens is 1. The molecule has 1 amide bonds. The van der Waals surface area contributed by atoms with Crippen LogP contribution in [0.2, 0.25) is 5.15 Å². The minimum atomic E-state index is -3.26. The predicted octanol–water partition coefficient (Wildman–Crippen LogP) is 2.16. The van der Waals surface area contributed by atoms with E-state index in [1.165, 1.54) is 30.5 Å². The van der Waals surface area contributed by atoms with E-state index in [0.29, 0.717) is 11.4 Å². The molecule has 1 aromatic heterocycles. The summed E-state index contributed by atoms with van der Waals surface area (Å²) in [5, 5.41) is 2.76. The van der Waals surface area contributed by atoms with Crippen LogP contribution < -0.4 is 10.1 Å². The third-order valence-electron chi connectivity index (χ3n) is 2.65. The minimum absolute atomic E-state index is 0.174. The van der Waals surface area contributed by atoms with Crippen molar-refractivity contribution in [3.8, 4) is 5.75 Å². The number of rotatable bonds is 5. The number of carbonyl (C=O) groups is 1. The van der Waals surface area contributed by atoms with Gasteiger partial charge in [-0.1, -0.05) is 11.6 Å². The van der Waals surface area contributed by atoms with Crippen molar-refractivity contribution in [2.75, 3.05) is 18.2 Å². The van der Waals surface area contributed by atoms with Crippen molar-refractivity contribution in [1.29, 1.82) is 0 Å². The molecule has 0 aliphatic carbocycles. The molecule has 1 heterocycles. The lowest BCUT2D eigenvalue weighted by Crippen LogP contribution is -2.20. The Balaban J connectivity index is 1.94. The lowest BCUT2D eigenvalue weighted by atomic mass is 10.3. The van der Waals surface area contributed by atoms with Crippen molar-refractivity contribution in [2.24, 2.45) is 0 Å². The molecule has 8 heteroatoms. The average Bonchev–Trinajstić information content (AvgIpc) is 2.46. The maximum Gasteiger partial charge on any atom is 0.262 e. The number of benzene rings is 1. The lowest BCUT2D eigenvalue weighted by Gasteiger charge is -2.08. The summed E-state index contributed by atoms with van der Waals surface area (Å²) in [5.41, 5.74) is 0.471. The Kier molecular flexibility index (Phi) is 4.99. The van der Waals surface area contributed by atoms with Crippen LogP contribution in [0.4, 0.5) is 5.69 Å². The van der Waals surface area contributed by atoms with Crippen LogP contribution in [0.5, 0.6) is 5.75 Å². The highest BCUT2D eigenvalue weighted by Crippen LogP contribution is 2.20. The summed E-state index contributed by atoms with van der Waals surface area (Å²) in [7, 11) is -3.26. The molecular formula is C14H13ClN2O4S. The molecule has 0 saturated heterocycles. The number of hydrogen-bond donors (Lipinski definition) is 1. The number of amides is 1. The van der Waals surface area contributed by atoms with Gasteiger partial charge in [-0.25, -0.2) is 13.4 Å². The Morgan fingerprint density at radius 3 is 2.55 bits per heavy atom. The molecule has 0 atom stereocenters. The van der Waals surface area contributed by atoms with Crippen LogP contribution in [0.1, 0.15) is 0 Å². The highest BCUT2D eigenvalue weighted by molar-refractivity contribution is 7.90. The molecule has 116 valence electrons. The highest BCUT2D eigenvalue weighted by atomic mass is 35.5. The Bertz CT molecular complexity index is 776. The van der Waals surface area contributed by atoms with Gasteiger partial charge in [-0.15, -0.1) is 0 Å². The minimum Gasteiger partial charge on any atom is -0.481 e. The van der Waals surface area contributed by atoms with Crippen molar-refractivity contribution in [2.45, 2.75) is 4.90 Å². The van der Waals surface area contributed by atoms with E-state index in [4.69, 9.17) is 16.3 Å². The van der Waals surface area contributed by atoms with E-state index in [2.05, 4.69) is 10.3 Å². The number of ether oxygens (including phenoxy) is 1. The smallest absolute Gasteiger partial charge is 0.262 e. The van der Waals surface area contributed by atoms with Crippen LogP contribution >= 0.6 is 11.6 Å². The van der Waals surface area contributed by atoms with Crippen molar-refractivity contribution < 1.29 is 17.9 Å². The largest absolute Gasteiger partial charge is 0.481 e. The molecule has 0 spiro atoms. The number of pyridine rings is 1. The first-order valence-corrected chi connectivity index (χ1v) is 8.46. The van der Waals surface area contributed by atoms with Crippen molar-refractivity contribution in [1.82, 2.24) is 4.98 Å². The topological polar surface area (TPSA) is 85.4 Å². The molecule has 1 N–H and O–H groups in total. The summed E-state index contributed by atoms with van der Waals surface area (Å²) in [6, 6.07) is 9.09. The number of nitrogens with zero attached hydrogens (tertiary/aromatic N) is 1. The Hall–Kier alpha value is -2.12. The van der Waals surface area contributed by atoms with Gasteiger partial charge in [0.2, 0.25) is 0 Å². The average molecular weight is 341 g/mol. The van der Waals surface area contributed by atoms with Gasteiger partial charge >= 0.3 is 0 Å². The monoisotopic (exact) mass is 340 g/mol. The van der Waals surface area contributed by atoms with Crippen molar-refractivity contribution in [3.63, 3.8) is 0 Å². The second-order valence-corrected chi connectivity index (χ2v) is 6.80. The first-order valence-electron chi connectivity index (χ1n) is 6.19. The maximum absolute atomic E-state index is 11.8. The lowest BCUT2D eigenvalue weighted by molar-refractivity contribution is -0.118. The van der Waals surface area contributed by atoms with E-state index < -0.39 is 15.7 Å². The normalized spacial score (nSPS) is 11.0. The van der Waals surface area contributed by atoms with Gasteiger partial charge in [-0.2, -0.15) is 0 Å². The zero-order valence-corrected chi connectivity index (χ0v) is 13.2. The van der Waals surface area contributed by atoms with E-state index in [9.17, 15) is 13.2 Å². The number of carbonyl (C=O) groups excluding carboxylic acids is 1. The summed E-state index contributed by atoms with van der Waals surface area (Å²) in [5.74, 6) is -0.0845. The SMILES string of the molecule is CS(=O)(=O)c1ccc(NC(=O)COc2cccnc2Cl)cc1. The molecule has 0 radical (unpaired) electrons. The van der Waals surface area contributed by atoms with E-state index in [1.54, 1.807) is 12.1 Å². The van der Waals surface area contributed by atoms with Gasteiger partial charge in [0.15, 0.2) is 27.3 Å². The molecule has 0 unspecified atom stereocenters. The van der Waals surface area contributed by atoms with E-state index in [0.717, 1.165) is 6.26 Å². The van der Waals surface area contributed by atoms with Gasteiger partial charge in [-0.05, 0) is 36.4 Å². The highest BCUT2D eigenvalue weighted by Gasteiger charge is 2.09. The molecule has 0 aliphatic rings. The van der Waals surface area contributed by atoms with Gasteiger partial charge in [0.1, 0.15) is 0 Å². The summed E-state index contributed by atoms with van der Waals surface area (Å²) >= 11 is 5.80. The molecule has 0 bridgehead atoms. The van der Waals surface area contributed by atoms with Crippen molar-refractivity contribution >= 4 is 33.0 Å². The summed E-state index contributed by atoms with van der Waals surface area (Å²) < 4.78 is 27.9. The van der Waals surface area contributed by atoms with Crippen LogP contribution in [0.3, 0.4) is 0 Å². The molecule has 6 nitrogen and oxygen atoms in total. The van der Waals surface area contributed by atoms with Gasteiger partial charge in [0.25, 0.3) is 5.91 Å². The fraction of sp³-hybridized carbons (Fsp3) is 0.143. The zero-order chi connectivity index (χ0) is 16.2. The number of anilines is 1. The maximum atomic E-state index is 11.8. The van der Waals surface area contributed by atoms with Gasteiger partial charge < -0.3 is 10.1 Å². The second-order valence-electron chi connectivity index (χ2n) is 4.43. The number of hydrogen-bond acceptors (Lipinski definition) is 5. The Morgan fingerprint density at radius 2 is 1.95 bits per heavy atom. The standard InChI is InChI=1S/C14H13ClN2O4S/c1-22(19,20)11-6-4-10(5-7-11)17-13(18)9-21-12-3-2-8-16-14(12)15/h2-8H,9H2,1H3,(H,17,18). The quantitative estimate of drug-likeness (QED) is 0.843. The van der Waals surface area contributed by atoms with E-state index in [1.807, 2.05) is 0 Å². The summed E-state index contributed by atoms with van der Waals surface area (Å²) in [6.45, 7) is -0.237. The molecular weight excluding hydrogens is 328 g/mol. The molecule has 22 heavy (non-hydrogen) atoms.